The van der Waals surface area contributed by atoms with Gasteiger partial charge in [-0.15, -0.1) is 0 Å². The molecule has 0 radical (unpaired) electrons. The fourth-order valence-corrected chi connectivity index (χ4v) is 5.35. The van der Waals surface area contributed by atoms with Crippen LogP contribution in [0.3, 0.4) is 0 Å². The number of hydrogen-bond donors (Lipinski definition) is 3. The number of aromatic nitrogens is 2. The van der Waals surface area contributed by atoms with Crippen LogP contribution < -0.4 is 21.8 Å². The first-order valence-electron chi connectivity index (χ1n) is 11.3. The van der Waals surface area contributed by atoms with Crippen molar-refractivity contribution in [1.29, 1.82) is 0 Å². The molecule has 2 heterocycles. The van der Waals surface area contributed by atoms with Crippen LogP contribution >= 0.6 is 0 Å². The number of nitrogens with one attached hydrogen (secondary N) is 1. The summed E-state index contributed by atoms with van der Waals surface area (Å²) in [6.45, 7) is 1.84. The van der Waals surface area contributed by atoms with Crippen molar-refractivity contribution in [3.05, 3.63) is 94.4 Å². The summed E-state index contributed by atoms with van der Waals surface area (Å²) in [5, 5.41) is 0.0868. The predicted octanol–water partition coefficient (Wildman–Crippen LogP) is 4.91. The number of aryl methyl sites for hydroxylation is 2. The Morgan fingerprint density at radius 3 is 2.26 bits per heavy atom. The van der Waals surface area contributed by atoms with E-state index in [2.05, 4.69) is 4.98 Å². The second-order valence-electron chi connectivity index (χ2n) is 8.85. The third kappa shape index (κ3) is 4.26. The summed E-state index contributed by atoms with van der Waals surface area (Å²) >= 11 is 0. The van der Waals surface area contributed by atoms with Crippen molar-refractivity contribution in [3.63, 3.8) is 0 Å². The first-order valence-corrected chi connectivity index (χ1v) is 12.8. The van der Waals surface area contributed by atoms with Gasteiger partial charge in [0.1, 0.15) is 22.1 Å². The highest BCUT2D eigenvalue weighted by atomic mass is 32.2. The molecule has 0 unspecified atom stereocenters. The number of anilines is 2. The standard InChI is InChI=1S/C27H22F2N4O4S/c1-14-3-6-16(7-4-14)38(35,36)25-11-18-19(13-33(2)27(34)26(18)32-25)17-10-21(30)22(31)12-24(17)37-23-8-5-15(28)9-20(23)29/h3-13,32H,30-31H2,1-2H3. The van der Waals surface area contributed by atoms with E-state index in [1.165, 1.54) is 48.1 Å². The van der Waals surface area contributed by atoms with Gasteiger partial charge in [-0.3, -0.25) is 4.79 Å². The zero-order valence-electron chi connectivity index (χ0n) is 20.2. The number of pyridine rings is 1. The number of nitrogens with zero attached hydrogens (tertiary/aromatic N) is 1. The molecule has 0 saturated carbocycles. The number of hydrogen-bond acceptors (Lipinski definition) is 6. The lowest BCUT2D eigenvalue weighted by Gasteiger charge is -2.16. The van der Waals surface area contributed by atoms with Crippen molar-refractivity contribution in [2.75, 3.05) is 11.5 Å². The largest absolute Gasteiger partial charge is 0.454 e. The highest BCUT2D eigenvalue weighted by molar-refractivity contribution is 7.91. The minimum absolute atomic E-state index is 0.0324. The topological polar surface area (TPSA) is 133 Å². The Morgan fingerprint density at radius 2 is 1.58 bits per heavy atom. The Morgan fingerprint density at radius 1 is 0.895 bits per heavy atom. The second-order valence-corrected chi connectivity index (χ2v) is 10.8. The Labute approximate surface area is 216 Å². The van der Waals surface area contributed by atoms with Crippen molar-refractivity contribution >= 4 is 32.1 Å². The number of H-pyrrole nitrogens is 1. The van der Waals surface area contributed by atoms with E-state index in [1.807, 2.05) is 6.92 Å². The van der Waals surface area contributed by atoms with E-state index in [0.717, 1.165) is 17.7 Å². The fourth-order valence-electron chi connectivity index (χ4n) is 4.10. The summed E-state index contributed by atoms with van der Waals surface area (Å²) in [4.78, 5) is 15.8. The quantitative estimate of drug-likeness (QED) is 0.273. The van der Waals surface area contributed by atoms with Gasteiger partial charge in [-0.2, -0.15) is 0 Å². The van der Waals surface area contributed by atoms with E-state index in [1.54, 1.807) is 12.1 Å². The fraction of sp³-hybridized carbons (Fsp3) is 0.0741. The summed E-state index contributed by atoms with van der Waals surface area (Å²) in [5.41, 5.74) is 13.5. The summed E-state index contributed by atoms with van der Waals surface area (Å²) in [6, 6.07) is 13.4. The van der Waals surface area contributed by atoms with Crippen LogP contribution in [0.5, 0.6) is 11.5 Å². The summed E-state index contributed by atoms with van der Waals surface area (Å²) in [5.74, 6) is -1.92. The van der Waals surface area contributed by atoms with E-state index in [9.17, 15) is 22.0 Å². The Kier molecular flexibility index (Phi) is 5.95. The average molecular weight is 537 g/mol. The molecule has 0 fully saturated rings. The van der Waals surface area contributed by atoms with Gasteiger partial charge in [0.15, 0.2) is 11.6 Å². The number of sulfone groups is 1. The lowest BCUT2D eigenvalue weighted by molar-refractivity contribution is 0.439. The van der Waals surface area contributed by atoms with E-state index in [0.29, 0.717) is 17.2 Å². The Balaban J connectivity index is 1.74. The SMILES string of the molecule is Cc1ccc(S(=O)(=O)c2cc3c(-c4cc(N)c(N)cc4Oc4ccc(F)cc4F)cn(C)c(=O)c3[nH]2)cc1. The van der Waals surface area contributed by atoms with Gasteiger partial charge in [-0.1, -0.05) is 17.7 Å². The average Bonchev–Trinajstić information content (AvgIpc) is 3.32. The van der Waals surface area contributed by atoms with E-state index < -0.39 is 27.0 Å². The van der Waals surface area contributed by atoms with Crippen LogP contribution in [0.2, 0.25) is 0 Å². The molecule has 11 heteroatoms. The van der Waals surface area contributed by atoms with Gasteiger partial charge in [0.05, 0.1) is 16.3 Å². The molecular formula is C27H22F2N4O4S. The monoisotopic (exact) mass is 536 g/mol. The molecule has 5 N–H and O–H groups in total. The van der Waals surface area contributed by atoms with Crippen LogP contribution in [0, 0.1) is 18.6 Å². The first kappa shape index (κ1) is 25.0. The third-order valence-electron chi connectivity index (χ3n) is 6.15. The number of fused-ring (bicyclic) bond motifs is 1. The van der Waals surface area contributed by atoms with Crippen LogP contribution in [0.4, 0.5) is 20.2 Å². The lowest BCUT2D eigenvalue weighted by Crippen LogP contribution is -2.16. The molecule has 5 rings (SSSR count). The summed E-state index contributed by atoms with van der Waals surface area (Å²) < 4.78 is 61.6. The summed E-state index contributed by atoms with van der Waals surface area (Å²) in [6.07, 6.45) is 1.49. The zero-order chi connectivity index (χ0) is 27.4. The predicted molar refractivity (Wildman–Crippen MR) is 141 cm³/mol. The van der Waals surface area contributed by atoms with Crippen LogP contribution in [-0.4, -0.2) is 18.0 Å². The van der Waals surface area contributed by atoms with Crippen molar-refractivity contribution in [1.82, 2.24) is 9.55 Å². The van der Waals surface area contributed by atoms with E-state index in [4.69, 9.17) is 16.2 Å². The number of rotatable bonds is 5. The van der Waals surface area contributed by atoms with Crippen molar-refractivity contribution in [2.24, 2.45) is 7.05 Å². The van der Waals surface area contributed by atoms with Gasteiger partial charge < -0.3 is 25.8 Å². The molecule has 2 aromatic heterocycles. The van der Waals surface area contributed by atoms with Gasteiger partial charge in [-0.05, 0) is 43.3 Å². The molecule has 0 bridgehead atoms. The maximum atomic E-state index is 14.4. The van der Waals surface area contributed by atoms with Gasteiger partial charge in [-0.25, -0.2) is 17.2 Å². The van der Waals surface area contributed by atoms with Gasteiger partial charge in [0.2, 0.25) is 9.84 Å². The van der Waals surface area contributed by atoms with Gasteiger partial charge >= 0.3 is 0 Å². The highest BCUT2D eigenvalue weighted by Crippen LogP contribution is 2.41. The highest BCUT2D eigenvalue weighted by Gasteiger charge is 2.24. The van der Waals surface area contributed by atoms with Gasteiger partial charge in [0, 0.05) is 41.9 Å². The van der Waals surface area contributed by atoms with Gasteiger partial charge in [0.25, 0.3) is 5.56 Å². The minimum atomic E-state index is -3.99. The smallest absolute Gasteiger partial charge is 0.274 e. The Bertz CT molecular complexity index is 1900. The number of halogens is 2. The van der Waals surface area contributed by atoms with Crippen LogP contribution in [0.25, 0.3) is 22.0 Å². The molecule has 0 spiro atoms. The number of nitrogens with two attached hydrogens (primary N) is 2. The maximum absolute atomic E-state index is 14.4. The molecule has 0 atom stereocenters. The third-order valence-corrected chi connectivity index (χ3v) is 7.84. The first-order chi connectivity index (χ1) is 18.0. The molecule has 5 aromatic rings. The molecule has 3 aromatic carbocycles. The van der Waals surface area contributed by atoms with Crippen LogP contribution in [-0.2, 0) is 16.9 Å². The molecule has 38 heavy (non-hydrogen) atoms. The van der Waals surface area contributed by atoms with Crippen molar-refractivity contribution in [2.45, 2.75) is 16.8 Å². The molecule has 8 nitrogen and oxygen atoms in total. The number of benzene rings is 3. The molecular weight excluding hydrogens is 514 g/mol. The molecule has 0 aliphatic rings. The zero-order valence-corrected chi connectivity index (χ0v) is 21.1. The Hall–Kier alpha value is -4.64. The lowest BCUT2D eigenvalue weighted by atomic mass is 10.0. The molecule has 0 aliphatic carbocycles. The van der Waals surface area contributed by atoms with Crippen LogP contribution in [0.15, 0.2) is 81.6 Å². The normalized spacial score (nSPS) is 11.7. The molecule has 0 saturated heterocycles. The minimum Gasteiger partial charge on any atom is -0.454 e. The molecule has 0 amide bonds. The van der Waals surface area contributed by atoms with Crippen molar-refractivity contribution < 1.29 is 21.9 Å². The van der Waals surface area contributed by atoms with Crippen LogP contribution in [0.1, 0.15) is 5.56 Å². The second kappa shape index (κ2) is 9.03. The number of nitrogen functional groups attached to an aromatic ring is 2. The van der Waals surface area contributed by atoms with E-state index in [-0.39, 0.29) is 43.7 Å². The maximum Gasteiger partial charge on any atom is 0.274 e. The molecule has 194 valence electrons. The van der Waals surface area contributed by atoms with Crippen molar-refractivity contribution in [3.8, 4) is 22.6 Å². The summed E-state index contributed by atoms with van der Waals surface area (Å²) in [7, 11) is -2.49. The number of ether oxygens (including phenoxy) is 1. The number of aromatic amines is 1. The van der Waals surface area contributed by atoms with E-state index >= 15 is 0 Å². The molecule has 0 aliphatic heterocycles.